The molecule has 0 saturated carbocycles. The molecule has 0 saturated heterocycles. The SMILES string of the molecule is COc1ccc(-n2[nH]c(C)c(N=Nc3cccc(-c4cccc(C(=O)O)c4)c3O)c2=O)cc1C. The first-order valence-electron chi connectivity index (χ1n) is 10.3. The van der Waals surface area contributed by atoms with E-state index in [4.69, 9.17) is 4.74 Å². The molecule has 4 aromatic rings. The van der Waals surface area contributed by atoms with Crippen molar-refractivity contribution in [3.05, 3.63) is 87.8 Å². The van der Waals surface area contributed by atoms with Crippen molar-refractivity contribution >= 4 is 17.3 Å². The molecule has 0 spiro atoms. The van der Waals surface area contributed by atoms with Crippen molar-refractivity contribution in [1.29, 1.82) is 0 Å². The number of nitrogens with zero attached hydrogens (tertiary/aromatic N) is 3. The van der Waals surface area contributed by atoms with Crippen molar-refractivity contribution in [2.75, 3.05) is 7.11 Å². The predicted octanol–water partition coefficient (Wildman–Crippen LogP) is 5.28. The highest BCUT2D eigenvalue weighted by Crippen LogP contribution is 2.38. The highest BCUT2D eigenvalue weighted by Gasteiger charge is 2.15. The van der Waals surface area contributed by atoms with E-state index in [0.717, 1.165) is 5.56 Å². The highest BCUT2D eigenvalue weighted by atomic mass is 16.5. The van der Waals surface area contributed by atoms with Gasteiger partial charge in [0.25, 0.3) is 5.56 Å². The minimum absolute atomic E-state index is 0.0983. The van der Waals surface area contributed by atoms with Crippen LogP contribution in [0.3, 0.4) is 0 Å². The normalized spacial score (nSPS) is 11.1. The summed E-state index contributed by atoms with van der Waals surface area (Å²) in [5, 5.41) is 31.2. The summed E-state index contributed by atoms with van der Waals surface area (Å²) in [6.07, 6.45) is 0. The van der Waals surface area contributed by atoms with Gasteiger partial charge in [-0.2, -0.15) is 0 Å². The number of carboxylic acids is 1. The molecule has 1 aromatic heterocycles. The monoisotopic (exact) mass is 458 g/mol. The van der Waals surface area contributed by atoms with Gasteiger partial charge < -0.3 is 14.9 Å². The van der Waals surface area contributed by atoms with Crippen LogP contribution in [0.15, 0.2) is 75.7 Å². The number of aromatic hydroxyl groups is 1. The van der Waals surface area contributed by atoms with Gasteiger partial charge in [-0.3, -0.25) is 9.89 Å². The number of hydrogen-bond acceptors (Lipinski definition) is 6. The lowest BCUT2D eigenvalue weighted by atomic mass is 10.0. The van der Waals surface area contributed by atoms with E-state index in [1.54, 1.807) is 56.5 Å². The summed E-state index contributed by atoms with van der Waals surface area (Å²) < 4.78 is 6.63. The van der Waals surface area contributed by atoms with Gasteiger partial charge in [-0.15, -0.1) is 10.2 Å². The number of aromatic nitrogens is 2. The molecule has 0 aliphatic carbocycles. The van der Waals surface area contributed by atoms with Crippen LogP contribution < -0.4 is 10.3 Å². The number of ether oxygens (including phenoxy) is 1. The average Bonchev–Trinajstić information content (AvgIpc) is 3.11. The fraction of sp³-hybridized carbons (Fsp3) is 0.120. The number of phenols is 1. The Morgan fingerprint density at radius 3 is 2.50 bits per heavy atom. The summed E-state index contributed by atoms with van der Waals surface area (Å²) in [6.45, 7) is 3.59. The van der Waals surface area contributed by atoms with Crippen molar-refractivity contribution in [3.8, 4) is 28.3 Å². The molecular formula is C25H22N4O5. The maximum absolute atomic E-state index is 13.0. The van der Waals surface area contributed by atoms with Gasteiger partial charge in [0.15, 0.2) is 11.4 Å². The van der Waals surface area contributed by atoms with Crippen LogP contribution >= 0.6 is 0 Å². The van der Waals surface area contributed by atoms with Crippen LogP contribution in [-0.4, -0.2) is 33.1 Å². The van der Waals surface area contributed by atoms with E-state index in [9.17, 15) is 19.8 Å². The van der Waals surface area contributed by atoms with Gasteiger partial charge in [0.2, 0.25) is 0 Å². The molecule has 3 N–H and O–H groups in total. The van der Waals surface area contributed by atoms with Crippen molar-refractivity contribution < 1.29 is 19.7 Å². The number of carboxylic acid groups (broad SMARTS) is 1. The zero-order valence-electron chi connectivity index (χ0n) is 18.7. The number of aryl methyl sites for hydroxylation is 2. The van der Waals surface area contributed by atoms with Crippen LogP contribution in [0.25, 0.3) is 16.8 Å². The van der Waals surface area contributed by atoms with Crippen molar-refractivity contribution in [2.24, 2.45) is 10.2 Å². The van der Waals surface area contributed by atoms with Crippen LogP contribution in [0.2, 0.25) is 0 Å². The molecule has 9 nitrogen and oxygen atoms in total. The Hall–Kier alpha value is -4.66. The Balaban J connectivity index is 1.70. The number of nitrogens with one attached hydrogen (secondary N) is 1. The van der Waals surface area contributed by atoms with Crippen molar-refractivity contribution in [2.45, 2.75) is 13.8 Å². The Morgan fingerprint density at radius 2 is 1.79 bits per heavy atom. The number of phenolic OH excluding ortho intramolecular Hbond substituents is 1. The first kappa shape index (κ1) is 22.5. The number of benzene rings is 3. The minimum Gasteiger partial charge on any atom is -0.505 e. The number of carbonyl (C=O) groups is 1. The van der Waals surface area contributed by atoms with Crippen LogP contribution in [0.4, 0.5) is 11.4 Å². The summed E-state index contributed by atoms with van der Waals surface area (Å²) in [5.41, 5.74) is 2.87. The van der Waals surface area contributed by atoms with E-state index in [-0.39, 0.29) is 22.7 Å². The largest absolute Gasteiger partial charge is 0.505 e. The topological polar surface area (TPSA) is 129 Å². The third kappa shape index (κ3) is 4.18. The molecule has 34 heavy (non-hydrogen) atoms. The maximum Gasteiger partial charge on any atom is 0.335 e. The number of H-pyrrole nitrogens is 1. The molecule has 0 aliphatic rings. The Morgan fingerprint density at radius 1 is 1.03 bits per heavy atom. The number of aromatic amines is 1. The predicted molar refractivity (Wildman–Crippen MR) is 127 cm³/mol. The summed E-state index contributed by atoms with van der Waals surface area (Å²) in [4.78, 5) is 24.3. The Kier molecular flexibility index (Phi) is 6.01. The molecule has 0 fully saturated rings. The van der Waals surface area contributed by atoms with Gasteiger partial charge in [-0.1, -0.05) is 24.3 Å². The van der Waals surface area contributed by atoms with Crippen LogP contribution in [0, 0.1) is 13.8 Å². The van der Waals surface area contributed by atoms with E-state index >= 15 is 0 Å². The van der Waals surface area contributed by atoms with E-state index < -0.39 is 11.5 Å². The number of hydrogen-bond donors (Lipinski definition) is 3. The molecule has 1 heterocycles. The number of azo groups is 1. The van der Waals surface area contributed by atoms with E-state index in [1.807, 2.05) is 13.0 Å². The summed E-state index contributed by atoms with van der Waals surface area (Å²) in [5.74, 6) is -0.527. The third-order valence-electron chi connectivity index (χ3n) is 5.37. The second kappa shape index (κ2) is 9.07. The molecule has 0 aliphatic heterocycles. The van der Waals surface area contributed by atoms with Gasteiger partial charge in [-0.05, 0) is 61.4 Å². The first-order valence-corrected chi connectivity index (χ1v) is 10.3. The van der Waals surface area contributed by atoms with Crippen LogP contribution in [-0.2, 0) is 0 Å². The number of aromatic carboxylic acids is 1. The first-order chi connectivity index (χ1) is 16.3. The molecular weight excluding hydrogens is 436 g/mol. The van der Waals surface area contributed by atoms with E-state index in [2.05, 4.69) is 15.3 Å². The van der Waals surface area contributed by atoms with Gasteiger partial charge in [-0.25, -0.2) is 9.48 Å². The summed E-state index contributed by atoms with van der Waals surface area (Å²) in [7, 11) is 1.58. The van der Waals surface area contributed by atoms with Gasteiger partial charge in [0, 0.05) is 5.56 Å². The minimum atomic E-state index is -1.07. The molecule has 4 rings (SSSR count). The quantitative estimate of drug-likeness (QED) is 0.339. The second-order valence-corrected chi connectivity index (χ2v) is 7.64. The molecule has 172 valence electrons. The molecule has 0 unspecified atom stereocenters. The summed E-state index contributed by atoms with van der Waals surface area (Å²) >= 11 is 0. The lowest BCUT2D eigenvalue weighted by molar-refractivity contribution is 0.0697. The zero-order valence-corrected chi connectivity index (χ0v) is 18.7. The number of rotatable bonds is 6. The summed E-state index contributed by atoms with van der Waals surface area (Å²) in [6, 6.07) is 16.4. The van der Waals surface area contributed by atoms with E-state index in [1.165, 1.54) is 16.8 Å². The van der Waals surface area contributed by atoms with Crippen LogP contribution in [0.5, 0.6) is 11.5 Å². The molecule has 3 aromatic carbocycles. The van der Waals surface area contributed by atoms with Gasteiger partial charge in [0.1, 0.15) is 11.4 Å². The van der Waals surface area contributed by atoms with E-state index in [0.29, 0.717) is 28.3 Å². The lowest BCUT2D eigenvalue weighted by Crippen LogP contribution is -2.14. The fourth-order valence-corrected chi connectivity index (χ4v) is 3.61. The Bertz CT molecular complexity index is 1480. The maximum atomic E-state index is 13.0. The smallest absolute Gasteiger partial charge is 0.335 e. The van der Waals surface area contributed by atoms with Gasteiger partial charge in [0.05, 0.1) is 24.1 Å². The molecule has 9 heteroatoms. The van der Waals surface area contributed by atoms with Crippen LogP contribution in [0.1, 0.15) is 21.6 Å². The van der Waals surface area contributed by atoms with Gasteiger partial charge >= 0.3 is 5.97 Å². The third-order valence-corrected chi connectivity index (χ3v) is 5.37. The number of methoxy groups -OCH3 is 1. The molecule has 0 amide bonds. The number of para-hydroxylation sites is 1. The second-order valence-electron chi connectivity index (χ2n) is 7.64. The average molecular weight is 458 g/mol. The lowest BCUT2D eigenvalue weighted by Gasteiger charge is -2.07. The molecule has 0 radical (unpaired) electrons. The standard InChI is InChI=1S/C25H22N4O5/c1-14-12-18(10-11-21(14)34-3)29-24(31)22(15(2)28-29)27-26-20-9-5-8-19(23(20)30)16-6-4-7-17(13-16)25(32)33/h4-13,28,30H,1-3H3,(H,32,33). The fourth-order valence-electron chi connectivity index (χ4n) is 3.61. The van der Waals surface area contributed by atoms with Crippen molar-refractivity contribution in [1.82, 2.24) is 9.78 Å². The van der Waals surface area contributed by atoms with Crippen molar-refractivity contribution in [3.63, 3.8) is 0 Å². The Labute approximate surface area is 194 Å². The highest BCUT2D eigenvalue weighted by molar-refractivity contribution is 5.90. The molecule has 0 atom stereocenters. The molecule has 0 bridgehead atoms. The zero-order chi connectivity index (χ0) is 24.4.